The van der Waals surface area contributed by atoms with E-state index in [0.29, 0.717) is 22.0 Å². The van der Waals surface area contributed by atoms with Crippen molar-refractivity contribution in [2.24, 2.45) is 0 Å². The molecule has 8 heteroatoms. The van der Waals surface area contributed by atoms with Gasteiger partial charge in [0.25, 0.3) is 0 Å². The topological polar surface area (TPSA) is 93.6 Å². The number of hydrogen-bond acceptors (Lipinski definition) is 3. The molecule has 1 aliphatic rings. The Morgan fingerprint density at radius 3 is 2.73 bits per heavy atom. The van der Waals surface area contributed by atoms with E-state index in [1.807, 2.05) is 6.92 Å². The molecule has 0 saturated carbocycles. The Hall–Kier alpha value is -0.964. The minimum atomic E-state index is -1.54. The van der Waals surface area contributed by atoms with Crippen molar-refractivity contribution in [1.82, 2.24) is 4.57 Å². The monoisotopic (exact) mass is 380 g/mol. The van der Waals surface area contributed by atoms with E-state index in [-0.39, 0.29) is 40.0 Å². The number of aromatic nitrogens is 1. The normalized spacial score (nSPS) is 15.9. The summed E-state index contributed by atoms with van der Waals surface area (Å²) in [7, 11) is 0. The molecule has 0 bridgehead atoms. The third kappa shape index (κ3) is 2.68. The van der Waals surface area contributed by atoms with E-state index in [4.69, 9.17) is 0 Å². The molecule has 22 heavy (non-hydrogen) atoms. The summed E-state index contributed by atoms with van der Waals surface area (Å²) in [5, 5.41) is 11.2. The Labute approximate surface area is 149 Å². The first-order chi connectivity index (χ1) is 9.41. The molecule has 0 aliphatic carbocycles. The second-order valence-electron chi connectivity index (χ2n) is 5.00. The molecule has 1 unspecified atom stereocenters. The molecule has 0 spiro atoms. The van der Waals surface area contributed by atoms with Gasteiger partial charge in [-0.1, -0.05) is 0 Å². The van der Waals surface area contributed by atoms with Gasteiger partial charge in [0.1, 0.15) is 5.82 Å². The van der Waals surface area contributed by atoms with Crippen molar-refractivity contribution in [1.29, 1.82) is 0 Å². The van der Waals surface area contributed by atoms with E-state index in [1.165, 1.54) is 6.20 Å². The Morgan fingerprint density at radius 1 is 1.50 bits per heavy atom. The van der Waals surface area contributed by atoms with Gasteiger partial charge in [0, 0.05) is 17.6 Å². The van der Waals surface area contributed by atoms with Crippen LogP contribution in [0.4, 0.5) is 4.39 Å². The fraction of sp³-hybridized carbons (Fsp3) is 0.286. The van der Waals surface area contributed by atoms with E-state index in [2.05, 4.69) is 15.9 Å². The molecule has 1 atom stereocenters. The van der Waals surface area contributed by atoms with Crippen molar-refractivity contribution in [3.05, 3.63) is 43.9 Å². The fourth-order valence-corrected chi connectivity index (χ4v) is 3.26. The van der Waals surface area contributed by atoms with Crippen molar-refractivity contribution >= 4 is 55.9 Å². The molecule has 3 rings (SSSR count). The van der Waals surface area contributed by atoms with Crippen LogP contribution in [0.25, 0.3) is 10.9 Å². The summed E-state index contributed by atoms with van der Waals surface area (Å²) in [6.07, 6.45) is 2.69. The average molecular weight is 381 g/mol. The molecule has 0 radical (unpaired) electrons. The third-order valence-electron chi connectivity index (χ3n) is 3.81. The molecule has 0 amide bonds. The van der Waals surface area contributed by atoms with Crippen LogP contribution in [0.15, 0.2) is 21.5 Å². The third-order valence-corrected chi connectivity index (χ3v) is 4.67. The number of carbonyl (C=O) groups is 1. The quantitative estimate of drug-likeness (QED) is 0.676. The van der Waals surface area contributed by atoms with Gasteiger partial charge in [0.2, 0.25) is 0 Å². The molecule has 2 N–H and O–H groups in total. The summed E-state index contributed by atoms with van der Waals surface area (Å²) in [4.78, 5) is 23.2. The van der Waals surface area contributed by atoms with Gasteiger partial charge in [0.05, 0.1) is 21.5 Å². The Bertz CT molecular complexity index is 821. The summed E-state index contributed by atoms with van der Waals surface area (Å²) >= 11 is 3.20. The van der Waals surface area contributed by atoms with Crippen LogP contribution in [0.3, 0.4) is 0 Å². The summed E-state index contributed by atoms with van der Waals surface area (Å²) in [6.45, 7) is 1.93. The van der Waals surface area contributed by atoms with Crippen LogP contribution in [0.2, 0.25) is 0 Å². The predicted molar refractivity (Wildman–Crippen MR) is 82.6 cm³/mol. The van der Waals surface area contributed by atoms with Gasteiger partial charge in [-0.05, 0) is 47.3 Å². The van der Waals surface area contributed by atoms with Gasteiger partial charge >= 0.3 is 23.1 Å². The van der Waals surface area contributed by atoms with Crippen LogP contribution in [0.1, 0.15) is 35.3 Å². The second kappa shape index (κ2) is 6.65. The largest absolute Gasteiger partial charge is 2.00 e. The number of aromatic carboxylic acids is 1. The van der Waals surface area contributed by atoms with Gasteiger partial charge in [-0.15, -0.1) is 0 Å². The first-order valence-electron chi connectivity index (χ1n) is 6.19. The van der Waals surface area contributed by atoms with Crippen molar-refractivity contribution in [3.8, 4) is 0 Å². The number of aryl methyl sites for hydroxylation is 1. The zero-order valence-electron chi connectivity index (χ0n) is 11.8. The zero-order chi connectivity index (χ0) is 14.6. The van der Waals surface area contributed by atoms with Gasteiger partial charge in [-0.25, -0.2) is 4.39 Å². The Balaban J connectivity index is 0.00000121. The summed E-state index contributed by atoms with van der Waals surface area (Å²) in [5.41, 5.74) is 0.184. The predicted octanol–water partition coefficient (Wildman–Crippen LogP) is 0.568. The van der Waals surface area contributed by atoms with Crippen LogP contribution in [-0.4, -0.2) is 39.1 Å². The van der Waals surface area contributed by atoms with Crippen LogP contribution < -0.4 is 10.5 Å². The number of carboxylic acids is 1. The molecule has 0 fully saturated rings. The maximum absolute atomic E-state index is 13.9. The number of pyridine rings is 1. The van der Waals surface area contributed by atoms with Crippen LogP contribution >= 0.6 is 15.9 Å². The van der Waals surface area contributed by atoms with Crippen LogP contribution in [0, 0.1) is 5.82 Å². The number of halogens is 2. The standard InChI is InChI=1S/C14H11BrFNO3.Mg.H2O/c1-6-2-3-7-11(15)10(16)4-8-12(7)17(6)5-9(13(8)18)14(19)20;;/h4-6H,2-3H2,1H3,(H,19,20);;1H2/q;+2;/p-1. The number of benzene rings is 1. The number of nitrogens with zero attached hydrogens (tertiary/aromatic N) is 1. The van der Waals surface area contributed by atoms with Gasteiger partial charge < -0.3 is 19.9 Å². The van der Waals surface area contributed by atoms with E-state index in [9.17, 15) is 19.1 Å². The van der Waals surface area contributed by atoms with E-state index >= 15 is 0 Å². The van der Waals surface area contributed by atoms with Crippen molar-refractivity contribution in [3.63, 3.8) is 0 Å². The number of carbonyl (C=O) groups excluding carboxylic acids is 1. The summed E-state index contributed by atoms with van der Waals surface area (Å²) in [6, 6.07) is 1.13. The van der Waals surface area contributed by atoms with Gasteiger partial charge in [-0.2, -0.15) is 0 Å². The fourth-order valence-electron chi connectivity index (χ4n) is 2.76. The molecule has 1 aliphatic heterocycles. The Kier molecular flexibility index (Phi) is 5.77. The summed E-state index contributed by atoms with van der Waals surface area (Å²) < 4.78 is 16.0. The number of hydrogen-bond donors (Lipinski definition) is 0. The SMILES string of the molecule is CC1CCc2c(Br)c(F)cc3c(=O)c(C(=O)[O-])cn1c23.O.[Mg+2]. The molecular weight excluding hydrogens is 369 g/mol. The van der Waals surface area contributed by atoms with Crippen LogP contribution in [-0.2, 0) is 6.42 Å². The average Bonchev–Trinajstić information content (AvgIpc) is 2.39. The molecular formula is C14H12BrFMgNO4+. The van der Waals surface area contributed by atoms with E-state index in [1.54, 1.807) is 4.57 Å². The molecule has 0 saturated heterocycles. The van der Waals surface area contributed by atoms with Crippen molar-refractivity contribution < 1.29 is 19.8 Å². The first-order valence-corrected chi connectivity index (χ1v) is 6.98. The minimum Gasteiger partial charge on any atom is -0.545 e. The van der Waals surface area contributed by atoms with Gasteiger partial charge in [0.15, 0.2) is 5.43 Å². The molecule has 1 aromatic heterocycles. The van der Waals surface area contributed by atoms with Gasteiger partial charge in [-0.3, -0.25) is 4.79 Å². The molecule has 2 aromatic rings. The van der Waals surface area contributed by atoms with Crippen LogP contribution in [0.5, 0.6) is 0 Å². The molecule has 5 nitrogen and oxygen atoms in total. The molecule has 1 aromatic carbocycles. The summed E-state index contributed by atoms with van der Waals surface area (Å²) in [5.74, 6) is -2.09. The first kappa shape index (κ1) is 19.1. The second-order valence-corrected chi connectivity index (χ2v) is 5.79. The molecule has 112 valence electrons. The Morgan fingerprint density at radius 2 is 2.14 bits per heavy atom. The molecule has 2 heterocycles. The smallest absolute Gasteiger partial charge is 0.545 e. The van der Waals surface area contributed by atoms with Crippen molar-refractivity contribution in [2.45, 2.75) is 25.8 Å². The number of carboxylic acid groups (broad SMARTS) is 1. The maximum Gasteiger partial charge on any atom is 2.00 e. The van der Waals surface area contributed by atoms with Crippen molar-refractivity contribution in [2.75, 3.05) is 0 Å². The minimum absolute atomic E-state index is 0. The maximum atomic E-state index is 13.9. The number of rotatable bonds is 1. The van der Waals surface area contributed by atoms with E-state index < -0.39 is 22.8 Å². The van der Waals surface area contributed by atoms with E-state index in [0.717, 1.165) is 12.5 Å². The zero-order valence-corrected chi connectivity index (χ0v) is 14.8.